The van der Waals surface area contributed by atoms with E-state index in [-0.39, 0.29) is 30.1 Å². The van der Waals surface area contributed by atoms with Crippen LogP contribution in [-0.4, -0.2) is 24.7 Å². The molecule has 0 spiro atoms. The zero-order valence-electron chi connectivity index (χ0n) is 13.6. The molecule has 0 aliphatic rings. The van der Waals surface area contributed by atoms with Gasteiger partial charge in [-0.05, 0) is 52.3 Å². The van der Waals surface area contributed by atoms with E-state index in [0.29, 0.717) is 12.6 Å². The Morgan fingerprint density at radius 3 is 2.52 bits per heavy atom. The third-order valence-corrected chi connectivity index (χ3v) is 2.46. The summed E-state index contributed by atoms with van der Waals surface area (Å²) in [6, 6.07) is 8.46. The number of aliphatic imine (C=N–C) groups is 1. The summed E-state index contributed by atoms with van der Waals surface area (Å²) in [4.78, 5) is 4.58. The molecule has 0 fully saturated rings. The van der Waals surface area contributed by atoms with Gasteiger partial charge in [0.2, 0.25) is 0 Å². The Morgan fingerprint density at radius 1 is 1.24 bits per heavy atom. The molecule has 1 aromatic carbocycles. The molecule has 0 heterocycles. The minimum atomic E-state index is 0. The molecule has 0 aromatic heterocycles. The first-order chi connectivity index (χ1) is 9.51. The summed E-state index contributed by atoms with van der Waals surface area (Å²) in [5.74, 6) is 1.74. The lowest BCUT2D eigenvalue weighted by molar-refractivity contribution is 0.242. The van der Waals surface area contributed by atoms with Gasteiger partial charge in [0.25, 0.3) is 0 Å². The third kappa shape index (κ3) is 8.80. The van der Waals surface area contributed by atoms with Gasteiger partial charge in [-0.15, -0.1) is 24.0 Å². The second-order valence-electron chi connectivity index (χ2n) is 5.31. The molecule has 0 amide bonds. The molecule has 4 nitrogen and oxygen atoms in total. The number of benzene rings is 1. The fourth-order valence-electron chi connectivity index (χ4n) is 1.75. The quantitative estimate of drug-likeness (QED) is 0.432. The topological polar surface area (TPSA) is 45.7 Å². The third-order valence-electron chi connectivity index (χ3n) is 2.46. The second kappa shape index (κ2) is 10.7. The molecule has 0 saturated carbocycles. The minimum absolute atomic E-state index is 0. The van der Waals surface area contributed by atoms with Crippen LogP contribution >= 0.6 is 24.0 Å². The van der Waals surface area contributed by atoms with Crippen molar-refractivity contribution in [3.05, 3.63) is 29.8 Å². The van der Waals surface area contributed by atoms with E-state index in [1.807, 2.05) is 32.0 Å². The Hall–Kier alpha value is -0.980. The smallest absolute Gasteiger partial charge is 0.191 e. The predicted molar refractivity (Wildman–Crippen MR) is 101 cm³/mol. The molecular formula is C16H28IN3O. The summed E-state index contributed by atoms with van der Waals surface area (Å²) in [5, 5.41) is 6.54. The van der Waals surface area contributed by atoms with Crippen molar-refractivity contribution in [3.63, 3.8) is 0 Å². The van der Waals surface area contributed by atoms with E-state index in [0.717, 1.165) is 23.8 Å². The van der Waals surface area contributed by atoms with Crippen molar-refractivity contribution in [1.82, 2.24) is 10.6 Å². The van der Waals surface area contributed by atoms with E-state index < -0.39 is 0 Å². The molecule has 0 bridgehead atoms. The maximum Gasteiger partial charge on any atom is 0.191 e. The van der Waals surface area contributed by atoms with E-state index >= 15 is 0 Å². The maximum absolute atomic E-state index is 5.69. The van der Waals surface area contributed by atoms with Crippen LogP contribution in [0, 0.1) is 0 Å². The highest BCUT2D eigenvalue weighted by molar-refractivity contribution is 14.0. The summed E-state index contributed by atoms with van der Waals surface area (Å²) in [6.45, 7) is 11.8. The zero-order chi connectivity index (χ0) is 15.0. The van der Waals surface area contributed by atoms with Gasteiger partial charge in [-0.1, -0.05) is 12.1 Å². The van der Waals surface area contributed by atoms with Crippen LogP contribution in [0.4, 0.5) is 0 Å². The highest BCUT2D eigenvalue weighted by Gasteiger charge is 2.01. The Labute approximate surface area is 145 Å². The summed E-state index contributed by atoms with van der Waals surface area (Å²) in [6.07, 6.45) is 0.189. The van der Waals surface area contributed by atoms with Crippen molar-refractivity contribution >= 4 is 29.9 Å². The van der Waals surface area contributed by atoms with E-state index in [2.05, 4.69) is 42.5 Å². The molecule has 120 valence electrons. The lowest BCUT2D eigenvalue weighted by Crippen LogP contribution is -2.40. The first kappa shape index (κ1) is 20.0. The molecule has 0 saturated heterocycles. The van der Waals surface area contributed by atoms with Crippen molar-refractivity contribution in [3.8, 4) is 5.75 Å². The molecule has 0 aliphatic heterocycles. The number of hydrogen-bond acceptors (Lipinski definition) is 2. The molecule has 0 radical (unpaired) electrons. The Morgan fingerprint density at radius 2 is 1.95 bits per heavy atom. The molecule has 1 aromatic rings. The number of hydrogen-bond donors (Lipinski definition) is 2. The minimum Gasteiger partial charge on any atom is -0.491 e. The molecule has 2 N–H and O–H groups in total. The normalized spacial score (nSPS) is 11.3. The van der Waals surface area contributed by atoms with E-state index in [1.54, 1.807) is 0 Å². The number of rotatable bonds is 6. The number of halogens is 1. The van der Waals surface area contributed by atoms with Gasteiger partial charge in [-0.25, -0.2) is 4.99 Å². The van der Waals surface area contributed by atoms with Crippen LogP contribution in [0.1, 0.15) is 40.2 Å². The van der Waals surface area contributed by atoms with Gasteiger partial charge in [-0.3, -0.25) is 0 Å². The van der Waals surface area contributed by atoms with Crippen LogP contribution in [0.5, 0.6) is 5.75 Å². The number of nitrogens with one attached hydrogen (secondary N) is 2. The molecule has 0 atom stereocenters. The van der Waals surface area contributed by atoms with Crippen molar-refractivity contribution in [2.24, 2.45) is 4.99 Å². The van der Waals surface area contributed by atoms with Crippen LogP contribution in [0.25, 0.3) is 0 Å². The summed E-state index contributed by atoms with van der Waals surface area (Å²) >= 11 is 0. The first-order valence-corrected chi connectivity index (χ1v) is 7.31. The largest absolute Gasteiger partial charge is 0.491 e. The average Bonchev–Trinajstić information content (AvgIpc) is 2.35. The van der Waals surface area contributed by atoms with Gasteiger partial charge in [0.15, 0.2) is 5.96 Å². The number of nitrogens with zero attached hydrogens (tertiary/aromatic N) is 1. The number of ether oxygens (including phenoxy) is 1. The average molecular weight is 405 g/mol. The Bertz CT molecular complexity index is 433. The van der Waals surface area contributed by atoms with Crippen molar-refractivity contribution in [2.45, 2.75) is 53.3 Å². The summed E-state index contributed by atoms with van der Waals surface area (Å²) < 4.78 is 5.69. The van der Waals surface area contributed by atoms with Crippen LogP contribution in [0.15, 0.2) is 29.3 Å². The highest BCUT2D eigenvalue weighted by atomic mass is 127. The van der Waals surface area contributed by atoms with E-state index in [1.165, 1.54) is 0 Å². The van der Waals surface area contributed by atoms with Crippen LogP contribution in [-0.2, 0) is 6.54 Å². The molecular weight excluding hydrogens is 377 g/mol. The van der Waals surface area contributed by atoms with E-state index in [4.69, 9.17) is 4.74 Å². The van der Waals surface area contributed by atoms with E-state index in [9.17, 15) is 0 Å². The second-order valence-corrected chi connectivity index (χ2v) is 5.31. The lowest BCUT2D eigenvalue weighted by atomic mass is 10.2. The summed E-state index contributed by atoms with van der Waals surface area (Å²) in [5.41, 5.74) is 1.14. The molecule has 1 rings (SSSR count). The lowest BCUT2D eigenvalue weighted by Gasteiger charge is -2.14. The predicted octanol–water partition coefficient (Wildman–Crippen LogP) is 3.56. The number of guanidine groups is 1. The monoisotopic (exact) mass is 405 g/mol. The maximum atomic E-state index is 5.69. The van der Waals surface area contributed by atoms with Crippen molar-refractivity contribution in [2.75, 3.05) is 6.54 Å². The van der Waals surface area contributed by atoms with Crippen LogP contribution in [0.2, 0.25) is 0 Å². The SMILES string of the molecule is CCNC(=NCc1cccc(OC(C)C)c1)NC(C)C.I. The van der Waals surface area contributed by atoms with Gasteiger partial charge in [0.1, 0.15) is 5.75 Å². The molecule has 0 aliphatic carbocycles. The van der Waals surface area contributed by atoms with Crippen LogP contribution in [0.3, 0.4) is 0 Å². The van der Waals surface area contributed by atoms with Gasteiger partial charge >= 0.3 is 0 Å². The Kier molecular flexibility index (Phi) is 10.2. The van der Waals surface area contributed by atoms with Crippen molar-refractivity contribution in [1.29, 1.82) is 0 Å². The standard InChI is InChI=1S/C16H27N3O.HI/c1-6-17-16(19-12(2)3)18-11-14-8-7-9-15(10-14)20-13(4)5;/h7-10,12-13H,6,11H2,1-5H3,(H2,17,18,19);1H. The zero-order valence-corrected chi connectivity index (χ0v) is 16.0. The highest BCUT2D eigenvalue weighted by Crippen LogP contribution is 2.15. The molecule has 5 heteroatoms. The summed E-state index contributed by atoms with van der Waals surface area (Å²) in [7, 11) is 0. The van der Waals surface area contributed by atoms with Crippen molar-refractivity contribution < 1.29 is 4.74 Å². The van der Waals surface area contributed by atoms with Crippen LogP contribution < -0.4 is 15.4 Å². The van der Waals surface area contributed by atoms with Gasteiger partial charge in [-0.2, -0.15) is 0 Å². The fraction of sp³-hybridized carbons (Fsp3) is 0.562. The van der Waals surface area contributed by atoms with Gasteiger partial charge in [0.05, 0.1) is 12.6 Å². The fourth-order valence-corrected chi connectivity index (χ4v) is 1.75. The Balaban J connectivity index is 0.00000400. The first-order valence-electron chi connectivity index (χ1n) is 7.31. The molecule has 0 unspecified atom stereocenters. The molecule has 21 heavy (non-hydrogen) atoms. The van der Waals surface area contributed by atoms with Gasteiger partial charge in [0, 0.05) is 12.6 Å². The van der Waals surface area contributed by atoms with Gasteiger partial charge < -0.3 is 15.4 Å².